The van der Waals surface area contributed by atoms with Gasteiger partial charge in [0.15, 0.2) is 5.65 Å². The summed E-state index contributed by atoms with van der Waals surface area (Å²) in [6.07, 6.45) is 3.47. The van der Waals surface area contributed by atoms with Crippen molar-refractivity contribution in [2.45, 2.75) is 0 Å². The average Bonchev–Trinajstić information content (AvgIpc) is 2.65. The molecule has 0 amide bonds. The van der Waals surface area contributed by atoms with Gasteiger partial charge in [-0.3, -0.25) is 0 Å². The second-order valence-electron chi connectivity index (χ2n) is 2.82. The molecule has 0 bridgehead atoms. The second kappa shape index (κ2) is 2.26. The minimum atomic E-state index is 0.777. The Morgan fingerprint density at radius 1 is 1.08 bits per heavy atom. The normalized spacial score (nSPS) is 11.1. The number of fused-ring (bicyclic) bond motifs is 3. The van der Waals surface area contributed by atoms with Gasteiger partial charge < -0.3 is 0 Å². The van der Waals surface area contributed by atoms with Crippen LogP contribution >= 0.6 is 0 Å². The van der Waals surface area contributed by atoms with Crippen LogP contribution in [0.2, 0.25) is 0 Å². The topological polar surface area (TPSA) is 43.1 Å². The summed E-state index contributed by atoms with van der Waals surface area (Å²) < 4.78 is 1.73. The summed E-state index contributed by atoms with van der Waals surface area (Å²) in [6.45, 7) is 0. The molecular formula is C9H6N4. The van der Waals surface area contributed by atoms with Gasteiger partial charge in [0, 0.05) is 11.6 Å². The van der Waals surface area contributed by atoms with Crippen LogP contribution < -0.4 is 0 Å². The van der Waals surface area contributed by atoms with Gasteiger partial charge in [0.2, 0.25) is 0 Å². The van der Waals surface area contributed by atoms with E-state index in [2.05, 4.69) is 15.3 Å². The molecule has 3 aromatic rings. The van der Waals surface area contributed by atoms with Crippen molar-refractivity contribution in [3.63, 3.8) is 0 Å². The van der Waals surface area contributed by atoms with Crippen LogP contribution in [0.15, 0.2) is 36.7 Å². The Balaban J connectivity index is 2.65. The number of rotatable bonds is 0. The van der Waals surface area contributed by atoms with E-state index < -0.39 is 0 Å². The van der Waals surface area contributed by atoms with Gasteiger partial charge in [-0.25, -0.2) is 4.98 Å². The van der Waals surface area contributed by atoms with Gasteiger partial charge in [0.25, 0.3) is 0 Å². The minimum Gasteiger partial charge on any atom is -0.235 e. The van der Waals surface area contributed by atoms with E-state index in [1.807, 2.05) is 30.5 Å². The Morgan fingerprint density at radius 3 is 3.00 bits per heavy atom. The summed E-state index contributed by atoms with van der Waals surface area (Å²) in [5.74, 6) is 0. The number of benzene rings is 1. The minimum absolute atomic E-state index is 0.777. The van der Waals surface area contributed by atoms with Crippen molar-refractivity contribution in [1.29, 1.82) is 0 Å². The highest BCUT2D eigenvalue weighted by molar-refractivity contribution is 5.79. The summed E-state index contributed by atoms with van der Waals surface area (Å²) in [5.41, 5.74) is 1.81. The van der Waals surface area contributed by atoms with Crippen molar-refractivity contribution >= 4 is 16.6 Å². The molecule has 0 saturated heterocycles. The van der Waals surface area contributed by atoms with E-state index in [9.17, 15) is 0 Å². The number of hydrogen-bond donors (Lipinski definition) is 0. The molecule has 62 valence electrons. The first-order valence-electron chi connectivity index (χ1n) is 3.99. The zero-order valence-corrected chi connectivity index (χ0v) is 6.75. The SMILES string of the molecule is c1ccc2c(c1)cnc1cnnn12. The fourth-order valence-corrected chi connectivity index (χ4v) is 1.41. The molecule has 2 aromatic heterocycles. The molecule has 4 heteroatoms. The quantitative estimate of drug-likeness (QED) is 0.510. The molecule has 0 saturated carbocycles. The first-order valence-corrected chi connectivity index (χ1v) is 3.99. The molecule has 0 aliphatic carbocycles. The molecule has 1 aromatic carbocycles. The summed E-state index contributed by atoms with van der Waals surface area (Å²) in [6, 6.07) is 7.96. The van der Waals surface area contributed by atoms with E-state index in [1.54, 1.807) is 10.7 Å². The van der Waals surface area contributed by atoms with E-state index in [-0.39, 0.29) is 0 Å². The van der Waals surface area contributed by atoms with Crippen LogP contribution in [0.3, 0.4) is 0 Å². The Morgan fingerprint density at radius 2 is 2.00 bits per heavy atom. The van der Waals surface area contributed by atoms with Crippen LogP contribution in [0, 0.1) is 0 Å². The highest BCUT2D eigenvalue weighted by atomic mass is 15.4. The van der Waals surface area contributed by atoms with E-state index in [4.69, 9.17) is 0 Å². The smallest absolute Gasteiger partial charge is 0.176 e. The van der Waals surface area contributed by atoms with Crippen LogP contribution in [-0.4, -0.2) is 19.8 Å². The highest BCUT2D eigenvalue weighted by Gasteiger charge is 2.00. The number of aromatic nitrogens is 4. The summed E-state index contributed by atoms with van der Waals surface area (Å²) in [7, 11) is 0. The molecule has 2 heterocycles. The Kier molecular flexibility index (Phi) is 1.14. The predicted octanol–water partition coefficient (Wildman–Crippen LogP) is 1.28. The van der Waals surface area contributed by atoms with Crippen molar-refractivity contribution in [3.8, 4) is 0 Å². The molecular weight excluding hydrogens is 164 g/mol. The molecule has 0 aliphatic rings. The Hall–Kier alpha value is -1.97. The molecule has 0 radical (unpaired) electrons. The van der Waals surface area contributed by atoms with E-state index >= 15 is 0 Å². The molecule has 0 aliphatic heterocycles. The lowest BCUT2D eigenvalue weighted by Crippen LogP contribution is -1.91. The second-order valence-corrected chi connectivity index (χ2v) is 2.82. The highest BCUT2D eigenvalue weighted by Crippen LogP contribution is 2.12. The lowest BCUT2D eigenvalue weighted by atomic mass is 10.2. The molecule has 4 nitrogen and oxygen atoms in total. The van der Waals surface area contributed by atoms with Gasteiger partial charge in [0.1, 0.15) is 0 Å². The molecule has 0 unspecified atom stereocenters. The van der Waals surface area contributed by atoms with Crippen LogP contribution in [0.4, 0.5) is 0 Å². The Bertz CT molecular complexity index is 570. The average molecular weight is 170 g/mol. The van der Waals surface area contributed by atoms with Gasteiger partial charge in [-0.2, -0.15) is 4.52 Å². The van der Waals surface area contributed by atoms with E-state index in [0.717, 1.165) is 16.6 Å². The fraction of sp³-hybridized carbons (Fsp3) is 0. The molecule has 0 spiro atoms. The van der Waals surface area contributed by atoms with Crippen LogP contribution in [-0.2, 0) is 0 Å². The Labute approximate surface area is 73.8 Å². The first kappa shape index (κ1) is 6.54. The third-order valence-electron chi connectivity index (χ3n) is 2.03. The van der Waals surface area contributed by atoms with Gasteiger partial charge >= 0.3 is 0 Å². The zero-order valence-electron chi connectivity index (χ0n) is 6.75. The van der Waals surface area contributed by atoms with Gasteiger partial charge in [0.05, 0.1) is 11.7 Å². The lowest BCUT2D eigenvalue weighted by Gasteiger charge is -1.97. The number of para-hydroxylation sites is 1. The maximum atomic E-state index is 4.21. The van der Waals surface area contributed by atoms with Crippen molar-refractivity contribution in [2.75, 3.05) is 0 Å². The standard InChI is InChI=1S/C9H6N4/c1-2-4-8-7(3-1)5-10-9-6-11-12-13(8)9/h1-6H. The summed E-state index contributed by atoms with van der Waals surface area (Å²) in [5, 5.41) is 8.82. The van der Waals surface area contributed by atoms with E-state index in [1.165, 1.54) is 0 Å². The monoisotopic (exact) mass is 170 g/mol. The lowest BCUT2D eigenvalue weighted by molar-refractivity contribution is 0.875. The fourth-order valence-electron chi connectivity index (χ4n) is 1.41. The number of hydrogen-bond acceptors (Lipinski definition) is 3. The van der Waals surface area contributed by atoms with Crippen molar-refractivity contribution < 1.29 is 0 Å². The molecule has 0 atom stereocenters. The third-order valence-corrected chi connectivity index (χ3v) is 2.03. The van der Waals surface area contributed by atoms with Crippen molar-refractivity contribution in [2.24, 2.45) is 0 Å². The summed E-state index contributed by atoms with van der Waals surface area (Å²) >= 11 is 0. The van der Waals surface area contributed by atoms with Gasteiger partial charge in [-0.1, -0.05) is 23.4 Å². The zero-order chi connectivity index (χ0) is 8.67. The van der Waals surface area contributed by atoms with Crippen LogP contribution in [0.1, 0.15) is 0 Å². The summed E-state index contributed by atoms with van der Waals surface area (Å²) in [4.78, 5) is 4.21. The van der Waals surface area contributed by atoms with Crippen molar-refractivity contribution in [1.82, 2.24) is 19.8 Å². The van der Waals surface area contributed by atoms with Crippen LogP contribution in [0.5, 0.6) is 0 Å². The maximum absolute atomic E-state index is 4.21. The largest absolute Gasteiger partial charge is 0.235 e. The first-order chi connectivity index (χ1) is 6.45. The number of nitrogens with zero attached hydrogens (tertiary/aromatic N) is 4. The molecule has 13 heavy (non-hydrogen) atoms. The van der Waals surface area contributed by atoms with Crippen molar-refractivity contribution in [3.05, 3.63) is 36.7 Å². The predicted molar refractivity (Wildman–Crippen MR) is 48.3 cm³/mol. The van der Waals surface area contributed by atoms with Crippen LogP contribution in [0.25, 0.3) is 16.6 Å². The molecule has 0 N–H and O–H groups in total. The molecule has 3 rings (SSSR count). The van der Waals surface area contributed by atoms with Gasteiger partial charge in [-0.05, 0) is 6.07 Å². The molecule has 0 fully saturated rings. The van der Waals surface area contributed by atoms with E-state index in [0.29, 0.717) is 0 Å². The van der Waals surface area contributed by atoms with Gasteiger partial charge in [-0.15, -0.1) is 5.10 Å². The third kappa shape index (κ3) is 0.823. The maximum Gasteiger partial charge on any atom is 0.176 e.